The molecule has 2 unspecified atom stereocenters. The van der Waals surface area contributed by atoms with E-state index in [2.05, 4.69) is 26.2 Å². The summed E-state index contributed by atoms with van der Waals surface area (Å²) in [6, 6.07) is 2.47. The Morgan fingerprint density at radius 2 is 1.74 bits per heavy atom. The molecule has 1 aromatic rings. The van der Waals surface area contributed by atoms with E-state index < -0.39 is 0 Å². The molecule has 4 saturated carbocycles. The third-order valence-corrected chi connectivity index (χ3v) is 9.00. The number of likely N-dealkylation sites (tertiary alicyclic amines) is 1. The molecule has 0 aromatic carbocycles. The van der Waals surface area contributed by atoms with Crippen molar-refractivity contribution in [2.24, 2.45) is 11.8 Å². The van der Waals surface area contributed by atoms with E-state index in [1.165, 1.54) is 64.3 Å². The number of hydrogen-bond donors (Lipinski definition) is 2. The monoisotopic (exact) mass is 425 g/mol. The normalized spacial score (nSPS) is 40.7. The second-order valence-corrected chi connectivity index (χ2v) is 11.5. The Morgan fingerprint density at radius 1 is 0.968 bits per heavy atom. The smallest absolute Gasteiger partial charge is 0.224 e. The Labute approximate surface area is 186 Å². The first kappa shape index (κ1) is 20.2. The van der Waals surface area contributed by atoms with Crippen LogP contribution in [0.5, 0.6) is 0 Å². The number of aliphatic hydroxyl groups is 1. The summed E-state index contributed by atoms with van der Waals surface area (Å²) in [5.41, 5.74) is -0.136. The highest BCUT2D eigenvalue weighted by Crippen LogP contribution is 2.59. The van der Waals surface area contributed by atoms with Crippen molar-refractivity contribution in [2.45, 2.75) is 94.2 Å². The van der Waals surface area contributed by atoms with Crippen molar-refractivity contribution < 1.29 is 5.11 Å². The van der Waals surface area contributed by atoms with Crippen molar-refractivity contribution in [3.05, 3.63) is 12.3 Å². The summed E-state index contributed by atoms with van der Waals surface area (Å²) in [6.07, 6.45) is 16.6. The van der Waals surface area contributed by atoms with Gasteiger partial charge in [0.15, 0.2) is 0 Å². The molecule has 7 rings (SSSR count). The number of piperidine rings is 1. The Morgan fingerprint density at radius 3 is 2.48 bits per heavy atom. The molecule has 170 valence electrons. The number of nitrogens with one attached hydrogen (secondary N) is 1. The van der Waals surface area contributed by atoms with E-state index in [4.69, 9.17) is 4.98 Å². The van der Waals surface area contributed by atoms with Crippen molar-refractivity contribution in [3.8, 4) is 0 Å². The van der Waals surface area contributed by atoms with Gasteiger partial charge in [0.2, 0.25) is 5.95 Å². The van der Waals surface area contributed by atoms with Gasteiger partial charge in [0, 0.05) is 37.4 Å². The third-order valence-electron chi connectivity index (χ3n) is 9.00. The number of aromatic nitrogens is 2. The van der Waals surface area contributed by atoms with E-state index in [0.29, 0.717) is 6.04 Å². The van der Waals surface area contributed by atoms with Gasteiger partial charge in [-0.25, -0.2) is 4.98 Å². The second kappa shape index (κ2) is 7.87. The quantitative estimate of drug-likeness (QED) is 0.765. The van der Waals surface area contributed by atoms with Crippen LogP contribution in [0.15, 0.2) is 12.3 Å². The van der Waals surface area contributed by atoms with Crippen molar-refractivity contribution in [1.29, 1.82) is 0 Å². The first-order chi connectivity index (χ1) is 15.1. The Kier molecular flexibility index (Phi) is 5.14. The average molecular weight is 426 g/mol. The minimum atomic E-state index is -0.380. The van der Waals surface area contributed by atoms with Crippen molar-refractivity contribution in [2.75, 3.05) is 36.4 Å². The number of nitrogens with zero attached hydrogens (tertiary/aromatic N) is 4. The van der Waals surface area contributed by atoms with E-state index in [1.54, 1.807) is 0 Å². The molecular formula is C25H39N5O. The van der Waals surface area contributed by atoms with Crippen LogP contribution in [0.25, 0.3) is 0 Å². The Balaban J connectivity index is 1.14. The molecule has 2 aliphatic heterocycles. The second-order valence-electron chi connectivity index (χ2n) is 11.5. The molecule has 3 atom stereocenters. The predicted octanol–water partition coefficient (Wildman–Crippen LogP) is 3.82. The summed E-state index contributed by atoms with van der Waals surface area (Å²) in [5, 5.41) is 14.9. The van der Waals surface area contributed by atoms with Crippen molar-refractivity contribution in [3.63, 3.8) is 0 Å². The number of hydrogen-bond acceptors (Lipinski definition) is 6. The van der Waals surface area contributed by atoms with Gasteiger partial charge in [-0.3, -0.25) is 4.90 Å². The molecule has 6 aliphatic rings. The molecule has 2 N–H and O–H groups in total. The summed E-state index contributed by atoms with van der Waals surface area (Å²) >= 11 is 0. The molecule has 6 nitrogen and oxygen atoms in total. The standard InChI is InChI=1S/C25H39N5O/c31-25-15-19-12-20(16-25)14-24(13-19,18-25)30-11-5-6-21(17-30)27-23-26-8-7-22(28-23)29-9-3-1-2-4-10-29/h7-8,19-21,31H,1-6,9-18H2,(H,26,27,28)/t19?,20?,21-,24?,25?/m0/s1. The number of anilines is 2. The molecule has 2 saturated heterocycles. The highest BCUT2D eigenvalue weighted by molar-refractivity contribution is 5.43. The van der Waals surface area contributed by atoms with Gasteiger partial charge in [0.05, 0.1) is 5.60 Å². The van der Waals surface area contributed by atoms with Crippen LogP contribution in [-0.2, 0) is 0 Å². The van der Waals surface area contributed by atoms with Crippen molar-refractivity contribution in [1.82, 2.24) is 14.9 Å². The Bertz CT molecular complexity index is 778. The molecule has 4 aliphatic carbocycles. The minimum Gasteiger partial charge on any atom is -0.390 e. The lowest BCUT2D eigenvalue weighted by Crippen LogP contribution is -2.67. The molecule has 31 heavy (non-hydrogen) atoms. The lowest BCUT2D eigenvalue weighted by molar-refractivity contribution is -0.178. The van der Waals surface area contributed by atoms with Gasteiger partial charge in [-0.2, -0.15) is 4.98 Å². The van der Waals surface area contributed by atoms with E-state index in [1.807, 2.05) is 6.20 Å². The maximum absolute atomic E-state index is 11.2. The van der Waals surface area contributed by atoms with E-state index in [0.717, 1.165) is 62.5 Å². The van der Waals surface area contributed by atoms with Gasteiger partial charge in [-0.05, 0) is 88.7 Å². The van der Waals surface area contributed by atoms with Crippen LogP contribution < -0.4 is 10.2 Å². The average Bonchev–Trinajstić information content (AvgIpc) is 3.02. The summed E-state index contributed by atoms with van der Waals surface area (Å²) in [6.45, 7) is 4.47. The minimum absolute atomic E-state index is 0.244. The molecule has 0 spiro atoms. The Hall–Kier alpha value is -1.40. The van der Waals surface area contributed by atoms with E-state index in [-0.39, 0.29) is 11.1 Å². The van der Waals surface area contributed by atoms with E-state index >= 15 is 0 Å². The summed E-state index contributed by atoms with van der Waals surface area (Å²) in [5.74, 6) is 3.36. The van der Waals surface area contributed by atoms with Gasteiger partial charge >= 0.3 is 0 Å². The van der Waals surface area contributed by atoms with Gasteiger partial charge in [-0.15, -0.1) is 0 Å². The van der Waals surface area contributed by atoms with Crippen LogP contribution in [0, 0.1) is 11.8 Å². The fourth-order valence-corrected chi connectivity index (χ4v) is 8.14. The topological polar surface area (TPSA) is 64.5 Å². The molecule has 0 radical (unpaired) electrons. The van der Waals surface area contributed by atoms with Crippen LogP contribution >= 0.6 is 0 Å². The van der Waals surface area contributed by atoms with Crippen molar-refractivity contribution >= 4 is 11.8 Å². The fourth-order valence-electron chi connectivity index (χ4n) is 8.14. The largest absolute Gasteiger partial charge is 0.390 e. The molecule has 1 aromatic heterocycles. The zero-order valence-corrected chi connectivity index (χ0v) is 18.9. The maximum atomic E-state index is 11.2. The molecule has 6 fully saturated rings. The van der Waals surface area contributed by atoms with E-state index in [9.17, 15) is 5.11 Å². The van der Waals surface area contributed by atoms with Gasteiger partial charge in [0.25, 0.3) is 0 Å². The van der Waals surface area contributed by atoms with Gasteiger partial charge in [-0.1, -0.05) is 12.8 Å². The zero-order valence-electron chi connectivity index (χ0n) is 18.9. The predicted molar refractivity (Wildman–Crippen MR) is 123 cm³/mol. The van der Waals surface area contributed by atoms with Crippen LogP contribution in [-0.4, -0.2) is 63.3 Å². The zero-order chi connectivity index (χ0) is 20.9. The molecule has 4 bridgehead atoms. The SMILES string of the molecule is OC12CC3CC(C1)CC(N1CCC[C@H](Nc4nccc(N5CCCCCC5)n4)C1)(C3)C2. The molecule has 6 heteroatoms. The highest BCUT2D eigenvalue weighted by atomic mass is 16.3. The first-order valence-electron chi connectivity index (χ1n) is 12.9. The maximum Gasteiger partial charge on any atom is 0.224 e. The van der Waals surface area contributed by atoms with Crippen LogP contribution in [0.4, 0.5) is 11.8 Å². The number of rotatable bonds is 4. The summed E-state index contributed by atoms with van der Waals surface area (Å²) < 4.78 is 0. The molecule has 3 heterocycles. The van der Waals surface area contributed by atoms with Gasteiger partial charge < -0.3 is 15.3 Å². The van der Waals surface area contributed by atoms with Gasteiger partial charge in [0.1, 0.15) is 5.82 Å². The van der Waals surface area contributed by atoms with Crippen LogP contribution in [0.2, 0.25) is 0 Å². The first-order valence-corrected chi connectivity index (χ1v) is 12.9. The summed E-state index contributed by atoms with van der Waals surface area (Å²) in [7, 11) is 0. The highest BCUT2D eigenvalue weighted by Gasteiger charge is 2.59. The molecular weight excluding hydrogens is 386 g/mol. The van der Waals surface area contributed by atoms with Crippen LogP contribution in [0.1, 0.15) is 77.0 Å². The summed E-state index contributed by atoms with van der Waals surface area (Å²) in [4.78, 5) is 14.7. The molecule has 0 amide bonds. The lowest BCUT2D eigenvalue weighted by Gasteiger charge is -2.64. The van der Waals surface area contributed by atoms with Crippen LogP contribution in [0.3, 0.4) is 0 Å². The fraction of sp³-hybridized carbons (Fsp3) is 0.840. The third kappa shape index (κ3) is 3.95. The lowest BCUT2D eigenvalue weighted by atomic mass is 9.50.